The standard InChI is InChI=1S/C18H21N3O4/c22-16-14(11-13-7-8-15(25-13)20-9-3-4-10-20)17(23)21(18(24)19-16)12-5-1-2-6-12/h7-8,11-12H,1-6,9-10H2,(H,19,22,24)/b14-11+. The molecule has 0 atom stereocenters. The van der Waals surface area contributed by atoms with Crippen LogP contribution in [0.2, 0.25) is 0 Å². The Bertz CT molecular complexity index is 739. The molecular weight excluding hydrogens is 322 g/mol. The van der Waals surface area contributed by atoms with Crippen molar-refractivity contribution in [3.63, 3.8) is 0 Å². The molecule has 1 aliphatic carbocycles. The summed E-state index contributed by atoms with van der Waals surface area (Å²) in [6.07, 6.45) is 7.28. The Morgan fingerprint density at radius 1 is 1.04 bits per heavy atom. The second-order valence-corrected chi connectivity index (χ2v) is 6.80. The van der Waals surface area contributed by atoms with Crippen LogP contribution in [0.5, 0.6) is 0 Å². The summed E-state index contributed by atoms with van der Waals surface area (Å²) in [4.78, 5) is 40.3. The number of barbiturate groups is 1. The number of imide groups is 2. The number of urea groups is 1. The van der Waals surface area contributed by atoms with Crippen LogP contribution in [0.1, 0.15) is 44.3 Å². The molecule has 1 aromatic rings. The van der Waals surface area contributed by atoms with E-state index in [4.69, 9.17) is 4.42 Å². The third-order valence-electron chi connectivity index (χ3n) is 5.14. The molecule has 25 heavy (non-hydrogen) atoms. The van der Waals surface area contributed by atoms with Gasteiger partial charge < -0.3 is 9.32 Å². The zero-order chi connectivity index (χ0) is 17.4. The summed E-state index contributed by atoms with van der Waals surface area (Å²) < 4.78 is 5.77. The van der Waals surface area contributed by atoms with Crippen molar-refractivity contribution >= 4 is 29.8 Å². The van der Waals surface area contributed by atoms with E-state index in [0.29, 0.717) is 5.76 Å². The monoisotopic (exact) mass is 343 g/mol. The minimum Gasteiger partial charge on any atom is -0.441 e. The number of carbonyl (C=O) groups excluding carboxylic acids is 3. The number of nitrogens with one attached hydrogen (secondary N) is 1. The molecule has 3 heterocycles. The van der Waals surface area contributed by atoms with Crippen molar-refractivity contribution in [1.82, 2.24) is 10.2 Å². The van der Waals surface area contributed by atoms with Crippen LogP contribution in [0.3, 0.4) is 0 Å². The van der Waals surface area contributed by atoms with Gasteiger partial charge in [0.15, 0.2) is 5.88 Å². The first kappa shape index (κ1) is 15.9. The Morgan fingerprint density at radius 3 is 2.48 bits per heavy atom. The molecule has 2 aliphatic heterocycles. The molecule has 3 fully saturated rings. The summed E-state index contributed by atoms with van der Waals surface area (Å²) in [6, 6.07) is 2.86. The molecule has 0 unspecified atom stereocenters. The maximum atomic E-state index is 12.7. The fourth-order valence-electron chi connectivity index (χ4n) is 3.83. The Morgan fingerprint density at radius 2 is 1.76 bits per heavy atom. The molecule has 0 bridgehead atoms. The van der Waals surface area contributed by atoms with Gasteiger partial charge >= 0.3 is 6.03 Å². The Hall–Kier alpha value is -2.57. The third kappa shape index (κ3) is 2.94. The molecule has 4 rings (SSSR count). The quantitative estimate of drug-likeness (QED) is 0.672. The lowest BCUT2D eigenvalue weighted by Crippen LogP contribution is -2.57. The molecule has 0 aromatic carbocycles. The molecule has 7 heteroatoms. The van der Waals surface area contributed by atoms with Crippen LogP contribution >= 0.6 is 0 Å². The van der Waals surface area contributed by atoms with Crippen LogP contribution in [0.4, 0.5) is 10.7 Å². The highest BCUT2D eigenvalue weighted by Gasteiger charge is 2.40. The van der Waals surface area contributed by atoms with Crippen LogP contribution < -0.4 is 10.2 Å². The molecular formula is C18H21N3O4. The number of nitrogens with zero attached hydrogens (tertiary/aromatic N) is 2. The number of hydrogen-bond donors (Lipinski definition) is 1. The minimum atomic E-state index is -0.664. The van der Waals surface area contributed by atoms with E-state index in [1.807, 2.05) is 6.07 Å². The molecule has 2 saturated heterocycles. The highest BCUT2D eigenvalue weighted by atomic mass is 16.4. The average molecular weight is 343 g/mol. The highest BCUT2D eigenvalue weighted by molar-refractivity contribution is 6.31. The van der Waals surface area contributed by atoms with Crippen LogP contribution in [-0.4, -0.2) is 41.9 Å². The van der Waals surface area contributed by atoms with Gasteiger partial charge in [0.1, 0.15) is 11.3 Å². The third-order valence-corrected chi connectivity index (χ3v) is 5.14. The molecule has 0 radical (unpaired) electrons. The van der Waals surface area contributed by atoms with Crippen molar-refractivity contribution < 1.29 is 18.8 Å². The predicted octanol–water partition coefficient (Wildman–Crippen LogP) is 2.28. The van der Waals surface area contributed by atoms with E-state index in [1.54, 1.807) is 6.07 Å². The molecule has 4 amide bonds. The van der Waals surface area contributed by atoms with Crippen molar-refractivity contribution in [3.8, 4) is 0 Å². The number of rotatable bonds is 3. The van der Waals surface area contributed by atoms with Gasteiger partial charge in [-0.2, -0.15) is 0 Å². The van der Waals surface area contributed by atoms with E-state index >= 15 is 0 Å². The second kappa shape index (κ2) is 6.38. The molecule has 3 aliphatic rings. The van der Waals surface area contributed by atoms with Gasteiger partial charge in [0.2, 0.25) is 0 Å². The van der Waals surface area contributed by atoms with Gasteiger partial charge in [0.05, 0.1) is 0 Å². The van der Waals surface area contributed by atoms with E-state index in [2.05, 4.69) is 10.2 Å². The topological polar surface area (TPSA) is 82.9 Å². The molecule has 1 N–H and O–H groups in total. The van der Waals surface area contributed by atoms with Crippen molar-refractivity contribution in [2.24, 2.45) is 0 Å². The number of anilines is 1. The van der Waals surface area contributed by atoms with Crippen LogP contribution in [0.15, 0.2) is 22.1 Å². The molecule has 132 valence electrons. The smallest absolute Gasteiger partial charge is 0.331 e. The molecule has 1 saturated carbocycles. The first-order valence-electron chi connectivity index (χ1n) is 8.89. The lowest BCUT2D eigenvalue weighted by atomic mass is 10.1. The Kier molecular flexibility index (Phi) is 4.07. The van der Waals surface area contributed by atoms with Crippen LogP contribution in [0.25, 0.3) is 6.08 Å². The zero-order valence-corrected chi connectivity index (χ0v) is 14.0. The van der Waals surface area contributed by atoms with Gasteiger partial charge in [-0.3, -0.25) is 19.8 Å². The lowest BCUT2D eigenvalue weighted by Gasteiger charge is -2.30. The first-order valence-corrected chi connectivity index (χ1v) is 8.89. The van der Waals surface area contributed by atoms with Gasteiger partial charge in [-0.25, -0.2) is 4.79 Å². The van der Waals surface area contributed by atoms with Gasteiger partial charge in [-0.1, -0.05) is 12.8 Å². The molecule has 1 aromatic heterocycles. The number of carbonyl (C=O) groups is 3. The highest BCUT2D eigenvalue weighted by Crippen LogP contribution is 2.28. The maximum absolute atomic E-state index is 12.7. The lowest BCUT2D eigenvalue weighted by molar-refractivity contribution is -0.131. The largest absolute Gasteiger partial charge is 0.441 e. The van der Waals surface area contributed by atoms with Crippen LogP contribution in [-0.2, 0) is 9.59 Å². The Balaban J connectivity index is 1.59. The average Bonchev–Trinajstić information content (AvgIpc) is 3.32. The van der Waals surface area contributed by atoms with Crippen molar-refractivity contribution in [1.29, 1.82) is 0 Å². The van der Waals surface area contributed by atoms with Gasteiger partial charge in [0, 0.05) is 25.2 Å². The molecule has 0 spiro atoms. The van der Waals surface area contributed by atoms with Crippen molar-refractivity contribution in [2.75, 3.05) is 18.0 Å². The van der Waals surface area contributed by atoms with Gasteiger partial charge in [-0.15, -0.1) is 0 Å². The summed E-state index contributed by atoms with van der Waals surface area (Å²) >= 11 is 0. The second-order valence-electron chi connectivity index (χ2n) is 6.80. The SMILES string of the molecule is O=C1NC(=O)N(C2CCCC2)C(=O)/C1=C/c1ccc(N2CCCC2)o1. The number of furan rings is 1. The first-order chi connectivity index (χ1) is 12.1. The van der Waals surface area contributed by atoms with E-state index in [-0.39, 0.29) is 11.6 Å². The van der Waals surface area contributed by atoms with Gasteiger partial charge in [0.25, 0.3) is 11.8 Å². The maximum Gasteiger partial charge on any atom is 0.331 e. The number of hydrogen-bond acceptors (Lipinski definition) is 5. The number of amides is 4. The van der Waals surface area contributed by atoms with E-state index in [9.17, 15) is 14.4 Å². The normalized spacial score (nSPS) is 23.8. The van der Waals surface area contributed by atoms with Crippen molar-refractivity contribution in [3.05, 3.63) is 23.5 Å². The van der Waals surface area contributed by atoms with Gasteiger partial charge in [-0.05, 0) is 37.8 Å². The minimum absolute atomic E-state index is 0.0474. The van der Waals surface area contributed by atoms with E-state index < -0.39 is 17.8 Å². The van der Waals surface area contributed by atoms with E-state index in [0.717, 1.165) is 57.5 Å². The summed E-state index contributed by atoms with van der Waals surface area (Å²) in [5.41, 5.74) is -0.0474. The fourth-order valence-corrected chi connectivity index (χ4v) is 3.83. The summed E-state index contributed by atoms with van der Waals surface area (Å²) in [5, 5.41) is 2.28. The zero-order valence-electron chi connectivity index (χ0n) is 14.0. The Labute approximate surface area is 145 Å². The molecule has 7 nitrogen and oxygen atoms in total. The fraction of sp³-hybridized carbons (Fsp3) is 0.500. The predicted molar refractivity (Wildman–Crippen MR) is 90.8 cm³/mol. The van der Waals surface area contributed by atoms with Crippen LogP contribution in [0, 0.1) is 0 Å². The van der Waals surface area contributed by atoms with E-state index in [1.165, 1.54) is 11.0 Å². The van der Waals surface area contributed by atoms with Crippen molar-refractivity contribution in [2.45, 2.75) is 44.6 Å². The summed E-state index contributed by atoms with van der Waals surface area (Å²) in [6.45, 7) is 1.90. The summed E-state index contributed by atoms with van der Waals surface area (Å²) in [7, 11) is 0. The summed E-state index contributed by atoms with van der Waals surface area (Å²) in [5.74, 6) is 0.000930.